The molecule has 8 heteroatoms. The summed E-state index contributed by atoms with van der Waals surface area (Å²) in [7, 11) is 0. The lowest BCUT2D eigenvalue weighted by Crippen LogP contribution is -2.27. The van der Waals surface area contributed by atoms with Crippen LogP contribution < -0.4 is 10.8 Å². The van der Waals surface area contributed by atoms with E-state index in [0.29, 0.717) is 17.9 Å². The van der Waals surface area contributed by atoms with Crippen LogP contribution in [-0.4, -0.2) is 15.9 Å². The first-order chi connectivity index (χ1) is 12.6. The zero-order chi connectivity index (χ0) is 18.1. The molecule has 4 rings (SSSR count). The maximum Gasteiger partial charge on any atom is 0.277 e. The van der Waals surface area contributed by atoms with Crippen molar-refractivity contribution in [2.24, 2.45) is 0 Å². The molecule has 1 amide bonds. The summed E-state index contributed by atoms with van der Waals surface area (Å²) in [4.78, 5) is 24.0. The smallest absolute Gasteiger partial charge is 0.277 e. The number of aromatic nitrogens is 2. The Morgan fingerprint density at radius 1 is 1.19 bits per heavy atom. The Balaban J connectivity index is 1.54. The van der Waals surface area contributed by atoms with Crippen LogP contribution in [0.1, 0.15) is 12.0 Å². The van der Waals surface area contributed by atoms with E-state index >= 15 is 0 Å². The second-order valence-corrected chi connectivity index (χ2v) is 6.01. The van der Waals surface area contributed by atoms with E-state index in [1.165, 1.54) is 6.08 Å². The first-order valence-corrected chi connectivity index (χ1v) is 8.10. The molecule has 2 aromatic rings. The molecule has 1 aliphatic heterocycles. The molecule has 0 fully saturated rings. The number of nitrogens with zero attached hydrogens (tertiary/aromatic N) is 2. The van der Waals surface area contributed by atoms with Gasteiger partial charge in [-0.1, -0.05) is 18.2 Å². The van der Waals surface area contributed by atoms with Crippen LogP contribution in [0.4, 0.5) is 15.9 Å². The second kappa shape index (κ2) is 6.61. The number of nitrogens with one attached hydrogen (secondary N) is 2. The molecule has 2 aliphatic rings. The number of carbonyl (C=O) groups is 1. The van der Waals surface area contributed by atoms with Crippen LogP contribution in [0.2, 0.25) is 5.28 Å². The fraction of sp³-hybridized carbons (Fsp3) is 0.0556. The SMILES string of the molecule is O=C1C=C2CC(c3ccc(Nc4nc(Cl)ncc4F)cc3)=CC=C2ON1. The molecular formula is C18H12ClFN4O2. The minimum atomic E-state index is -0.589. The van der Waals surface area contributed by atoms with E-state index in [2.05, 4.69) is 20.8 Å². The molecule has 0 radical (unpaired) electrons. The van der Waals surface area contributed by atoms with Crippen molar-refractivity contribution in [2.75, 3.05) is 5.32 Å². The van der Waals surface area contributed by atoms with E-state index in [1.807, 2.05) is 36.4 Å². The maximum atomic E-state index is 13.7. The van der Waals surface area contributed by atoms with Crippen LogP contribution in [0.3, 0.4) is 0 Å². The topological polar surface area (TPSA) is 76.1 Å². The molecule has 2 heterocycles. The summed E-state index contributed by atoms with van der Waals surface area (Å²) in [5.74, 6) is -0.211. The van der Waals surface area contributed by atoms with Crippen molar-refractivity contribution >= 4 is 34.6 Å². The van der Waals surface area contributed by atoms with Crippen molar-refractivity contribution in [1.82, 2.24) is 15.4 Å². The van der Waals surface area contributed by atoms with E-state index in [-0.39, 0.29) is 17.0 Å². The van der Waals surface area contributed by atoms with Crippen LogP contribution in [0.25, 0.3) is 5.57 Å². The fourth-order valence-electron chi connectivity index (χ4n) is 2.69. The minimum absolute atomic E-state index is 0.0118. The number of benzene rings is 1. The normalized spacial score (nSPS) is 15.8. The first kappa shape index (κ1) is 16.3. The van der Waals surface area contributed by atoms with Gasteiger partial charge in [-0.3, -0.25) is 4.79 Å². The van der Waals surface area contributed by atoms with Crippen molar-refractivity contribution in [2.45, 2.75) is 6.42 Å². The van der Waals surface area contributed by atoms with Gasteiger partial charge in [0.2, 0.25) is 5.28 Å². The number of hydroxylamine groups is 1. The second-order valence-electron chi connectivity index (χ2n) is 5.68. The monoisotopic (exact) mass is 370 g/mol. The van der Waals surface area contributed by atoms with Gasteiger partial charge in [-0.15, -0.1) is 0 Å². The number of allylic oxidation sites excluding steroid dienone is 4. The Kier molecular flexibility index (Phi) is 4.14. The van der Waals surface area contributed by atoms with E-state index in [1.54, 1.807) is 0 Å². The third-order valence-corrected chi connectivity index (χ3v) is 4.12. The molecule has 0 bridgehead atoms. The van der Waals surface area contributed by atoms with E-state index in [9.17, 15) is 9.18 Å². The molecule has 0 unspecified atom stereocenters. The third kappa shape index (κ3) is 3.29. The molecule has 0 saturated heterocycles. The summed E-state index contributed by atoms with van der Waals surface area (Å²) in [5.41, 5.74) is 5.82. The van der Waals surface area contributed by atoms with Gasteiger partial charge in [-0.05, 0) is 40.9 Å². The standard InChI is InChI=1S/C18H12ClFN4O2/c19-18-21-9-14(20)17(23-18)22-13-4-1-10(2-5-13)11-3-6-15-12(7-11)8-16(25)24-26-15/h1-6,8-9H,7H2,(H,24,25)(H,21,22,23). The van der Waals surface area contributed by atoms with E-state index in [4.69, 9.17) is 16.4 Å². The summed E-state index contributed by atoms with van der Waals surface area (Å²) in [6.45, 7) is 0. The number of hydrogen-bond acceptors (Lipinski definition) is 5. The average Bonchev–Trinajstić information content (AvgIpc) is 2.65. The molecule has 0 atom stereocenters. The van der Waals surface area contributed by atoms with Gasteiger partial charge in [0.25, 0.3) is 5.91 Å². The summed E-state index contributed by atoms with van der Waals surface area (Å²) < 4.78 is 13.7. The molecule has 130 valence electrons. The number of anilines is 2. The summed E-state index contributed by atoms with van der Waals surface area (Å²) in [6, 6.07) is 7.42. The highest BCUT2D eigenvalue weighted by molar-refractivity contribution is 6.28. The van der Waals surface area contributed by atoms with Crippen molar-refractivity contribution < 1.29 is 14.0 Å². The largest absolute Gasteiger partial charge is 0.379 e. The quantitative estimate of drug-likeness (QED) is 0.806. The number of carbonyl (C=O) groups excluding carboxylic acids is 1. The van der Waals surface area contributed by atoms with Crippen LogP contribution in [-0.2, 0) is 9.63 Å². The Labute approximate surface area is 153 Å². The van der Waals surface area contributed by atoms with Crippen LogP contribution in [0, 0.1) is 5.82 Å². The van der Waals surface area contributed by atoms with Crippen LogP contribution >= 0.6 is 11.6 Å². The predicted molar refractivity (Wildman–Crippen MR) is 94.7 cm³/mol. The van der Waals surface area contributed by atoms with Gasteiger partial charge in [-0.25, -0.2) is 9.37 Å². The number of hydrogen-bond donors (Lipinski definition) is 2. The van der Waals surface area contributed by atoms with Gasteiger partial charge in [0.1, 0.15) is 0 Å². The van der Waals surface area contributed by atoms with Gasteiger partial charge < -0.3 is 10.2 Å². The zero-order valence-corrected chi connectivity index (χ0v) is 14.0. The molecule has 1 aliphatic carbocycles. The van der Waals surface area contributed by atoms with Gasteiger partial charge in [-0.2, -0.15) is 10.5 Å². The average molecular weight is 371 g/mol. The Hall–Kier alpha value is -3.19. The number of amides is 1. The van der Waals surface area contributed by atoms with Gasteiger partial charge in [0, 0.05) is 23.8 Å². The van der Waals surface area contributed by atoms with Crippen molar-refractivity contribution in [3.63, 3.8) is 0 Å². The van der Waals surface area contributed by atoms with Crippen LogP contribution in [0.5, 0.6) is 0 Å². The van der Waals surface area contributed by atoms with E-state index < -0.39 is 5.82 Å². The van der Waals surface area contributed by atoms with E-state index in [0.717, 1.165) is 22.9 Å². The molecule has 1 aromatic heterocycles. The number of rotatable bonds is 3. The van der Waals surface area contributed by atoms with Crippen molar-refractivity contribution in [3.8, 4) is 0 Å². The molecular weight excluding hydrogens is 359 g/mol. The number of fused-ring (bicyclic) bond motifs is 1. The van der Waals surface area contributed by atoms with Crippen LogP contribution in [0.15, 0.2) is 60.0 Å². The lowest BCUT2D eigenvalue weighted by molar-refractivity contribution is -0.126. The highest BCUT2D eigenvalue weighted by Crippen LogP contribution is 2.33. The zero-order valence-electron chi connectivity index (χ0n) is 13.3. The minimum Gasteiger partial charge on any atom is -0.379 e. The maximum absolute atomic E-state index is 13.7. The lowest BCUT2D eigenvalue weighted by Gasteiger charge is -2.22. The fourth-order valence-corrected chi connectivity index (χ4v) is 2.82. The van der Waals surface area contributed by atoms with Gasteiger partial charge >= 0.3 is 0 Å². The lowest BCUT2D eigenvalue weighted by atomic mass is 9.92. The van der Waals surface area contributed by atoms with Gasteiger partial charge in [0.05, 0.1) is 6.20 Å². The predicted octanol–water partition coefficient (Wildman–Crippen LogP) is 3.67. The Morgan fingerprint density at radius 3 is 2.81 bits per heavy atom. The Bertz CT molecular complexity index is 983. The Morgan fingerprint density at radius 2 is 2.00 bits per heavy atom. The highest BCUT2D eigenvalue weighted by Gasteiger charge is 2.20. The van der Waals surface area contributed by atoms with Crippen molar-refractivity contribution in [1.29, 1.82) is 0 Å². The van der Waals surface area contributed by atoms with Crippen molar-refractivity contribution in [3.05, 3.63) is 76.7 Å². The molecule has 0 saturated carbocycles. The first-order valence-electron chi connectivity index (χ1n) is 7.72. The molecule has 6 nitrogen and oxygen atoms in total. The van der Waals surface area contributed by atoms with Gasteiger partial charge in [0.15, 0.2) is 17.4 Å². The highest BCUT2D eigenvalue weighted by atomic mass is 35.5. The summed E-state index contributed by atoms with van der Waals surface area (Å²) in [5, 5.41) is 2.83. The molecule has 0 spiro atoms. The molecule has 26 heavy (non-hydrogen) atoms. The summed E-state index contributed by atoms with van der Waals surface area (Å²) >= 11 is 5.69. The number of halogens is 2. The molecule has 1 aromatic carbocycles. The molecule has 2 N–H and O–H groups in total. The summed E-state index contributed by atoms with van der Waals surface area (Å²) in [6.07, 6.45) is 6.88. The third-order valence-electron chi connectivity index (χ3n) is 3.93.